The lowest BCUT2D eigenvalue weighted by Gasteiger charge is -2.22. The Morgan fingerprint density at radius 3 is 3.00 bits per heavy atom. The van der Waals surface area contributed by atoms with Gasteiger partial charge in [-0.05, 0) is 49.1 Å². The average Bonchev–Trinajstić information content (AvgIpc) is 3.34. The second-order valence-corrected chi connectivity index (χ2v) is 7.45. The number of amides is 2. The minimum Gasteiger partial charge on any atom is -0.376 e. The summed E-state index contributed by atoms with van der Waals surface area (Å²) in [5.41, 5.74) is 2.58. The third kappa shape index (κ3) is 6.13. The third-order valence-electron chi connectivity index (χ3n) is 5.06. The van der Waals surface area contributed by atoms with Gasteiger partial charge in [-0.2, -0.15) is 5.10 Å². The van der Waals surface area contributed by atoms with E-state index in [1.807, 2.05) is 48.7 Å². The first kappa shape index (κ1) is 21.0. The van der Waals surface area contributed by atoms with Gasteiger partial charge in [0.1, 0.15) is 0 Å². The molecule has 1 aromatic carbocycles. The molecule has 3 aromatic rings. The largest absolute Gasteiger partial charge is 0.376 e. The summed E-state index contributed by atoms with van der Waals surface area (Å²) in [5.74, 6) is 0.689. The van der Waals surface area contributed by atoms with Crippen LogP contribution in [0.4, 0.5) is 10.5 Å². The first-order chi connectivity index (χ1) is 15.3. The highest BCUT2D eigenvalue weighted by molar-refractivity contribution is 5.89. The molecule has 8 nitrogen and oxygen atoms in total. The van der Waals surface area contributed by atoms with E-state index in [-0.39, 0.29) is 12.1 Å². The van der Waals surface area contributed by atoms with Crippen molar-refractivity contribution < 1.29 is 14.3 Å². The normalized spacial score (nSPS) is 16.1. The Labute approximate surface area is 181 Å². The van der Waals surface area contributed by atoms with Crippen molar-refractivity contribution >= 4 is 11.7 Å². The fourth-order valence-electron chi connectivity index (χ4n) is 3.51. The maximum absolute atomic E-state index is 12.4. The summed E-state index contributed by atoms with van der Waals surface area (Å²) in [6, 6.07) is 13.0. The van der Waals surface area contributed by atoms with Crippen molar-refractivity contribution in [3.8, 4) is 5.82 Å². The van der Waals surface area contributed by atoms with Crippen molar-refractivity contribution in [3.05, 3.63) is 72.2 Å². The van der Waals surface area contributed by atoms with Gasteiger partial charge in [0.05, 0.1) is 19.3 Å². The zero-order valence-corrected chi connectivity index (χ0v) is 17.4. The van der Waals surface area contributed by atoms with Crippen LogP contribution in [-0.4, -0.2) is 40.1 Å². The van der Waals surface area contributed by atoms with Crippen LogP contribution in [0.3, 0.4) is 0 Å². The molecule has 1 atom stereocenters. The molecule has 31 heavy (non-hydrogen) atoms. The molecule has 0 radical (unpaired) electrons. The van der Waals surface area contributed by atoms with Gasteiger partial charge in [-0.3, -0.25) is 0 Å². The number of aromatic nitrogens is 3. The molecule has 162 valence electrons. The van der Waals surface area contributed by atoms with Gasteiger partial charge in [-0.1, -0.05) is 18.2 Å². The molecule has 0 bridgehead atoms. The fourth-order valence-corrected chi connectivity index (χ4v) is 3.51. The standard InChI is InChI=1S/C23H27N5O3/c29-23(25-15-19-7-4-10-24-22(19)28-12-5-11-26-28)27-20-8-3-6-18(14-20)16-30-17-21-9-1-2-13-31-21/h3-8,10-12,14,21H,1-2,9,13,15-17H2,(H2,25,27,29). The lowest BCUT2D eigenvalue weighted by molar-refractivity contribution is -0.0447. The van der Waals surface area contributed by atoms with Gasteiger partial charge in [-0.15, -0.1) is 0 Å². The summed E-state index contributed by atoms with van der Waals surface area (Å²) in [4.78, 5) is 16.8. The SMILES string of the molecule is O=C(NCc1cccnc1-n1cccn1)Nc1cccc(COCC2CCCCO2)c1. The van der Waals surface area contributed by atoms with Crippen molar-refractivity contribution in [2.75, 3.05) is 18.5 Å². The van der Waals surface area contributed by atoms with Gasteiger partial charge in [0.15, 0.2) is 5.82 Å². The molecule has 2 aromatic heterocycles. The monoisotopic (exact) mass is 421 g/mol. The molecule has 1 aliphatic rings. The highest BCUT2D eigenvalue weighted by Gasteiger charge is 2.14. The Morgan fingerprint density at radius 2 is 2.16 bits per heavy atom. The van der Waals surface area contributed by atoms with Crippen molar-refractivity contribution in [3.63, 3.8) is 0 Å². The van der Waals surface area contributed by atoms with Crippen LogP contribution >= 0.6 is 0 Å². The van der Waals surface area contributed by atoms with Crippen LogP contribution in [0, 0.1) is 0 Å². The molecule has 1 saturated heterocycles. The summed E-state index contributed by atoms with van der Waals surface area (Å²) in [7, 11) is 0. The first-order valence-corrected chi connectivity index (χ1v) is 10.5. The number of pyridine rings is 1. The number of anilines is 1. The number of nitrogens with one attached hydrogen (secondary N) is 2. The summed E-state index contributed by atoms with van der Waals surface area (Å²) < 4.78 is 13.2. The smallest absolute Gasteiger partial charge is 0.319 e. The minimum absolute atomic E-state index is 0.194. The number of nitrogens with zero attached hydrogens (tertiary/aromatic N) is 3. The molecule has 2 amide bonds. The zero-order valence-electron chi connectivity index (χ0n) is 17.4. The maximum atomic E-state index is 12.4. The molecule has 1 fully saturated rings. The Morgan fingerprint density at radius 1 is 1.19 bits per heavy atom. The van der Waals surface area contributed by atoms with E-state index in [1.165, 1.54) is 6.42 Å². The van der Waals surface area contributed by atoms with E-state index in [0.717, 1.165) is 30.6 Å². The Balaban J connectivity index is 1.27. The van der Waals surface area contributed by atoms with Crippen LogP contribution in [0.25, 0.3) is 5.82 Å². The van der Waals surface area contributed by atoms with E-state index in [4.69, 9.17) is 9.47 Å². The Bertz CT molecular complexity index is 971. The Hall–Kier alpha value is -3.23. The number of rotatable bonds is 8. The predicted octanol–water partition coefficient (Wildman–Crippen LogP) is 3.67. The fraction of sp³-hybridized carbons (Fsp3) is 0.348. The number of benzene rings is 1. The van der Waals surface area contributed by atoms with Gasteiger partial charge < -0.3 is 20.1 Å². The van der Waals surface area contributed by atoms with Gasteiger partial charge in [0.2, 0.25) is 0 Å². The summed E-state index contributed by atoms with van der Waals surface area (Å²) in [6.07, 6.45) is 8.80. The lowest BCUT2D eigenvalue weighted by atomic mass is 10.1. The zero-order chi connectivity index (χ0) is 21.3. The van der Waals surface area contributed by atoms with Crippen LogP contribution in [0.2, 0.25) is 0 Å². The molecule has 3 heterocycles. The summed E-state index contributed by atoms with van der Waals surface area (Å²) in [6.45, 7) is 2.24. The van der Waals surface area contributed by atoms with E-state index in [2.05, 4.69) is 20.7 Å². The van der Waals surface area contributed by atoms with E-state index in [1.54, 1.807) is 17.1 Å². The van der Waals surface area contributed by atoms with Gasteiger partial charge >= 0.3 is 6.03 Å². The molecule has 0 aliphatic carbocycles. The molecule has 2 N–H and O–H groups in total. The van der Waals surface area contributed by atoms with Crippen LogP contribution in [0.1, 0.15) is 30.4 Å². The minimum atomic E-state index is -0.288. The summed E-state index contributed by atoms with van der Waals surface area (Å²) in [5, 5.41) is 9.96. The molecule has 1 unspecified atom stereocenters. The molecule has 4 rings (SSSR count). The highest BCUT2D eigenvalue weighted by Crippen LogP contribution is 2.15. The van der Waals surface area contributed by atoms with Crippen molar-refractivity contribution in [2.45, 2.75) is 38.5 Å². The summed E-state index contributed by atoms with van der Waals surface area (Å²) >= 11 is 0. The van der Waals surface area contributed by atoms with Gasteiger partial charge in [0, 0.05) is 43.0 Å². The van der Waals surface area contributed by atoms with Crippen LogP contribution in [0.15, 0.2) is 61.1 Å². The van der Waals surface area contributed by atoms with E-state index >= 15 is 0 Å². The van der Waals surface area contributed by atoms with E-state index in [0.29, 0.717) is 31.3 Å². The molecule has 0 spiro atoms. The number of carbonyl (C=O) groups is 1. The molecular formula is C23H27N5O3. The van der Waals surface area contributed by atoms with Crippen molar-refractivity contribution in [1.82, 2.24) is 20.1 Å². The average molecular weight is 422 g/mol. The van der Waals surface area contributed by atoms with Gasteiger partial charge in [-0.25, -0.2) is 14.5 Å². The van der Waals surface area contributed by atoms with E-state index in [9.17, 15) is 4.79 Å². The molecule has 0 saturated carbocycles. The maximum Gasteiger partial charge on any atom is 0.319 e. The number of hydrogen-bond acceptors (Lipinski definition) is 5. The second-order valence-electron chi connectivity index (χ2n) is 7.45. The predicted molar refractivity (Wildman–Crippen MR) is 117 cm³/mol. The molecular weight excluding hydrogens is 394 g/mol. The second kappa shape index (κ2) is 10.7. The Kier molecular flexibility index (Phi) is 7.25. The van der Waals surface area contributed by atoms with Crippen molar-refractivity contribution in [2.24, 2.45) is 0 Å². The number of ether oxygens (including phenoxy) is 2. The third-order valence-corrected chi connectivity index (χ3v) is 5.06. The molecule has 1 aliphatic heterocycles. The van der Waals surface area contributed by atoms with Crippen LogP contribution in [0.5, 0.6) is 0 Å². The number of carbonyl (C=O) groups excluding carboxylic acids is 1. The van der Waals surface area contributed by atoms with Gasteiger partial charge in [0.25, 0.3) is 0 Å². The topological polar surface area (TPSA) is 90.3 Å². The highest BCUT2D eigenvalue weighted by atomic mass is 16.5. The number of urea groups is 1. The van der Waals surface area contributed by atoms with Crippen LogP contribution < -0.4 is 10.6 Å². The lowest BCUT2D eigenvalue weighted by Crippen LogP contribution is -2.28. The van der Waals surface area contributed by atoms with Crippen molar-refractivity contribution in [1.29, 1.82) is 0 Å². The molecule has 8 heteroatoms. The first-order valence-electron chi connectivity index (χ1n) is 10.5. The van der Waals surface area contributed by atoms with E-state index < -0.39 is 0 Å². The number of hydrogen-bond donors (Lipinski definition) is 2. The quantitative estimate of drug-likeness (QED) is 0.579. The van der Waals surface area contributed by atoms with Crippen LogP contribution in [-0.2, 0) is 22.6 Å².